The van der Waals surface area contributed by atoms with E-state index >= 15 is 0 Å². The van der Waals surface area contributed by atoms with Crippen LogP contribution in [0.5, 0.6) is 5.75 Å². The van der Waals surface area contributed by atoms with Crippen molar-refractivity contribution < 1.29 is 18.9 Å². The van der Waals surface area contributed by atoms with Gasteiger partial charge in [0.1, 0.15) is 5.75 Å². The molecule has 2 aromatic rings. The highest BCUT2D eigenvalue weighted by molar-refractivity contribution is 5.90. The highest BCUT2D eigenvalue weighted by Gasteiger charge is 2.25. The molecule has 0 spiro atoms. The Hall–Kier alpha value is -1.82. The predicted molar refractivity (Wildman–Crippen MR) is 88.2 cm³/mol. The number of fused-ring (bicyclic) bond motifs is 1. The number of methoxy groups -OCH3 is 1. The van der Waals surface area contributed by atoms with Crippen LogP contribution in [0.25, 0.3) is 10.8 Å². The van der Waals surface area contributed by atoms with Gasteiger partial charge < -0.3 is 23.8 Å². The minimum atomic E-state index is -0.345. The van der Waals surface area contributed by atoms with Gasteiger partial charge in [0.2, 0.25) is 0 Å². The van der Waals surface area contributed by atoms with Crippen LogP contribution in [0.4, 0.5) is 5.69 Å². The van der Waals surface area contributed by atoms with E-state index in [4.69, 9.17) is 18.9 Å². The van der Waals surface area contributed by atoms with Crippen molar-refractivity contribution >= 4 is 16.5 Å². The number of hydrogen-bond acceptors (Lipinski definition) is 5. The first-order chi connectivity index (χ1) is 11.4. The molecule has 0 amide bonds. The molecule has 2 aliphatic heterocycles. The Morgan fingerprint density at radius 3 is 2.52 bits per heavy atom. The third-order valence-electron chi connectivity index (χ3n) is 4.46. The second kappa shape index (κ2) is 6.35. The number of morpholine rings is 1. The fourth-order valence-corrected chi connectivity index (χ4v) is 3.29. The smallest absolute Gasteiger partial charge is 0.188 e. The lowest BCUT2D eigenvalue weighted by Crippen LogP contribution is -2.36. The topological polar surface area (TPSA) is 40.2 Å². The quantitative estimate of drug-likeness (QED) is 0.871. The number of rotatable bonds is 3. The van der Waals surface area contributed by atoms with Crippen molar-refractivity contribution in [2.24, 2.45) is 0 Å². The van der Waals surface area contributed by atoms with Gasteiger partial charge in [-0.1, -0.05) is 12.1 Å². The molecule has 122 valence electrons. The Balaban J connectivity index is 1.77. The third-order valence-corrected chi connectivity index (χ3v) is 4.46. The molecule has 2 saturated heterocycles. The van der Waals surface area contributed by atoms with E-state index in [1.807, 2.05) is 6.07 Å². The summed E-state index contributed by atoms with van der Waals surface area (Å²) in [4.78, 5) is 2.36. The van der Waals surface area contributed by atoms with Crippen LogP contribution in [-0.4, -0.2) is 46.6 Å². The molecule has 4 rings (SSSR count). The molecule has 5 nitrogen and oxygen atoms in total. The average molecular weight is 315 g/mol. The Kier molecular flexibility index (Phi) is 4.08. The van der Waals surface area contributed by atoms with E-state index in [-0.39, 0.29) is 6.29 Å². The van der Waals surface area contributed by atoms with Crippen molar-refractivity contribution in [2.75, 3.05) is 51.5 Å². The van der Waals surface area contributed by atoms with Crippen LogP contribution in [-0.2, 0) is 14.2 Å². The highest BCUT2D eigenvalue weighted by Crippen LogP contribution is 2.38. The summed E-state index contributed by atoms with van der Waals surface area (Å²) in [6.07, 6.45) is -0.345. The molecule has 5 heteroatoms. The van der Waals surface area contributed by atoms with Gasteiger partial charge in [0.15, 0.2) is 6.29 Å². The molecule has 2 aromatic carbocycles. The van der Waals surface area contributed by atoms with E-state index in [9.17, 15) is 0 Å². The molecular formula is C18H21NO4. The molecule has 0 radical (unpaired) electrons. The molecular weight excluding hydrogens is 294 g/mol. The van der Waals surface area contributed by atoms with Gasteiger partial charge in [0, 0.05) is 18.8 Å². The minimum absolute atomic E-state index is 0.345. The fourth-order valence-electron chi connectivity index (χ4n) is 3.29. The van der Waals surface area contributed by atoms with E-state index in [0.717, 1.165) is 43.0 Å². The fraction of sp³-hybridized carbons (Fsp3) is 0.444. The van der Waals surface area contributed by atoms with Crippen molar-refractivity contribution in [3.05, 3.63) is 35.9 Å². The summed E-state index contributed by atoms with van der Waals surface area (Å²) in [5.74, 6) is 0.809. The van der Waals surface area contributed by atoms with Crippen LogP contribution in [0.2, 0.25) is 0 Å². The lowest BCUT2D eigenvalue weighted by atomic mass is 10.0. The standard InChI is InChI=1S/C18H21NO4/c1-20-16-5-2-13-12-14(19-6-8-21-9-7-19)3-4-15(13)17(16)18-22-10-11-23-18/h2-5,12,18H,6-11H2,1H3. The zero-order chi connectivity index (χ0) is 15.6. The second-order valence-corrected chi connectivity index (χ2v) is 5.76. The Labute approximate surface area is 135 Å². The minimum Gasteiger partial charge on any atom is -0.496 e. The van der Waals surface area contributed by atoms with Crippen molar-refractivity contribution in [3.8, 4) is 5.75 Å². The molecule has 0 N–H and O–H groups in total. The summed E-state index contributed by atoms with van der Waals surface area (Å²) in [6, 6.07) is 10.6. The van der Waals surface area contributed by atoms with Gasteiger partial charge in [0.05, 0.1) is 39.1 Å². The Morgan fingerprint density at radius 1 is 1.00 bits per heavy atom. The number of benzene rings is 2. The molecule has 2 fully saturated rings. The van der Waals surface area contributed by atoms with E-state index in [1.165, 1.54) is 11.1 Å². The van der Waals surface area contributed by atoms with Crippen LogP contribution in [0, 0.1) is 0 Å². The molecule has 0 aliphatic carbocycles. The molecule has 0 saturated carbocycles. The van der Waals surface area contributed by atoms with Crippen LogP contribution in [0.1, 0.15) is 11.9 Å². The van der Waals surface area contributed by atoms with Crippen LogP contribution < -0.4 is 9.64 Å². The monoisotopic (exact) mass is 315 g/mol. The van der Waals surface area contributed by atoms with E-state index in [0.29, 0.717) is 13.2 Å². The number of hydrogen-bond donors (Lipinski definition) is 0. The van der Waals surface area contributed by atoms with Gasteiger partial charge in [-0.15, -0.1) is 0 Å². The third kappa shape index (κ3) is 2.76. The number of ether oxygens (including phenoxy) is 4. The van der Waals surface area contributed by atoms with Gasteiger partial charge >= 0.3 is 0 Å². The first-order valence-electron chi connectivity index (χ1n) is 8.03. The highest BCUT2D eigenvalue weighted by atomic mass is 16.7. The largest absolute Gasteiger partial charge is 0.496 e. The van der Waals surface area contributed by atoms with Crippen molar-refractivity contribution in [3.63, 3.8) is 0 Å². The normalized spacial score (nSPS) is 19.4. The summed E-state index contributed by atoms with van der Waals surface area (Å²) < 4.78 is 22.4. The van der Waals surface area contributed by atoms with Gasteiger partial charge in [0.25, 0.3) is 0 Å². The van der Waals surface area contributed by atoms with Crippen LogP contribution >= 0.6 is 0 Å². The van der Waals surface area contributed by atoms with Crippen LogP contribution in [0.3, 0.4) is 0 Å². The van der Waals surface area contributed by atoms with Crippen molar-refractivity contribution in [1.29, 1.82) is 0 Å². The van der Waals surface area contributed by atoms with Crippen LogP contribution in [0.15, 0.2) is 30.3 Å². The zero-order valence-electron chi connectivity index (χ0n) is 13.3. The van der Waals surface area contributed by atoms with Gasteiger partial charge in [-0.3, -0.25) is 0 Å². The predicted octanol–water partition coefficient (Wildman–Crippen LogP) is 2.73. The second-order valence-electron chi connectivity index (χ2n) is 5.76. The van der Waals surface area contributed by atoms with Gasteiger partial charge in [-0.05, 0) is 29.0 Å². The van der Waals surface area contributed by atoms with Crippen molar-refractivity contribution in [1.82, 2.24) is 0 Å². The molecule has 2 aliphatic rings. The van der Waals surface area contributed by atoms with E-state index < -0.39 is 0 Å². The lowest BCUT2D eigenvalue weighted by molar-refractivity contribution is -0.0443. The maximum absolute atomic E-state index is 5.71. The Morgan fingerprint density at radius 2 is 1.78 bits per heavy atom. The van der Waals surface area contributed by atoms with Gasteiger partial charge in [-0.2, -0.15) is 0 Å². The molecule has 0 unspecified atom stereocenters. The first-order valence-corrected chi connectivity index (χ1v) is 8.03. The number of nitrogens with zero attached hydrogens (tertiary/aromatic N) is 1. The first kappa shape index (κ1) is 14.8. The van der Waals surface area contributed by atoms with E-state index in [1.54, 1.807) is 7.11 Å². The summed E-state index contributed by atoms with van der Waals surface area (Å²) in [5, 5.41) is 2.29. The SMILES string of the molecule is COc1ccc2cc(N3CCOCC3)ccc2c1C1OCCO1. The summed E-state index contributed by atoms with van der Waals surface area (Å²) in [6.45, 7) is 4.68. The maximum atomic E-state index is 5.71. The molecule has 2 heterocycles. The summed E-state index contributed by atoms with van der Waals surface area (Å²) >= 11 is 0. The molecule has 0 atom stereocenters. The molecule has 0 bridgehead atoms. The molecule has 0 aromatic heterocycles. The van der Waals surface area contributed by atoms with Gasteiger partial charge in [-0.25, -0.2) is 0 Å². The zero-order valence-corrected chi connectivity index (χ0v) is 13.3. The number of anilines is 1. The summed E-state index contributed by atoms with van der Waals surface area (Å²) in [7, 11) is 1.68. The van der Waals surface area contributed by atoms with Crippen molar-refractivity contribution in [2.45, 2.75) is 6.29 Å². The average Bonchev–Trinajstić information content (AvgIpc) is 3.15. The lowest BCUT2D eigenvalue weighted by Gasteiger charge is -2.29. The Bertz CT molecular complexity index is 691. The van der Waals surface area contributed by atoms with E-state index in [2.05, 4.69) is 29.2 Å². The maximum Gasteiger partial charge on any atom is 0.188 e. The summed E-state index contributed by atoms with van der Waals surface area (Å²) in [5.41, 5.74) is 2.21. The molecule has 23 heavy (non-hydrogen) atoms.